The highest BCUT2D eigenvalue weighted by molar-refractivity contribution is 5.86. The molecule has 0 amide bonds. The first-order chi connectivity index (χ1) is 10.1. The molecule has 0 aromatic heterocycles. The third kappa shape index (κ3) is 2.76. The molecule has 0 spiro atoms. The van der Waals surface area contributed by atoms with Crippen molar-refractivity contribution >= 4 is 17.6 Å². The number of aromatic hydroxyl groups is 1. The van der Waals surface area contributed by atoms with Crippen molar-refractivity contribution in [2.75, 3.05) is 0 Å². The SMILES string of the molecule is O=[N+]([O-])c1ccc(O)c(C=Nc2ccc3c(c2)CCC3)c1. The minimum absolute atomic E-state index is 0.0227. The van der Waals surface area contributed by atoms with Gasteiger partial charge in [-0.05, 0) is 48.6 Å². The molecule has 0 atom stereocenters. The normalized spacial score (nSPS) is 13.5. The lowest BCUT2D eigenvalue weighted by Gasteiger charge is -2.01. The standard InChI is InChI=1S/C16H14N2O3/c19-16-7-6-15(18(20)21)9-13(16)10-17-14-5-4-11-2-1-3-12(11)8-14/h4-10,19H,1-3H2. The molecule has 2 aromatic carbocycles. The molecule has 0 radical (unpaired) electrons. The predicted molar refractivity (Wildman–Crippen MR) is 80.5 cm³/mol. The smallest absolute Gasteiger partial charge is 0.270 e. The van der Waals surface area contributed by atoms with Gasteiger partial charge in [-0.15, -0.1) is 0 Å². The van der Waals surface area contributed by atoms with Crippen molar-refractivity contribution in [1.82, 2.24) is 0 Å². The third-order valence-electron chi connectivity index (χ3n) is 3.66. The number of nitro groups is 1. The Labute approximate surface area is 121 Å². The van der Waals surface area contributed by atoms with E-state index in [1.165, 1.54) is 42.0 Å². The molecule has 21 heavy (non-hydrogen) atoms. The molecule has 0 saturated carbocycles. The van der Waals surface area contributed by atoms with Gasteiger partial charge in [-0.1, -0.05) is 6.07 Å². The number of phenols is 1. The number of hydrogen-bond acceptors (Lipinski definition) is 4. The van der Waals surface area contributed by atoms with Crippen molar-refractivity contribution in [2.24, 2.45) is 4.99 Å². The van der Waals surface area contributed by atoms with Crippen molar-refractivity contribution in [2.45, 2.75) is 19.3 Å². The van der Waals surface area contributed by atoms with Gasteiger partial charge in [-0.25, -0.2) is 0 Å². The fourth-order valence-corrected chi connectivity index (χ4v) is 2.54. The Morgan fingerprint density at radius 1 is 1.14 bits per heavy atom. The maximum Gasteiger partial charge on any atom is 0.270 e. The summed E-state index contributed by atoms with van der Waals surface area (Å²) in [5, 5.41) is 20.5. The minimum Gasteiger partial charge on any atom is -0.507 e. The van der Waals surface area contributed by atoms with Gasteiger partial charge in [0.05, 0.1) is 10.6 Å². The molecule has 0 aliphatic heterocycles. The van der Waals surface area contributed by atoms with Crippen LogP contribution in [0.25, 0.3) is 0 Å². The number of aryl methyl sites for hydroxylation is 2. The van der Waals surface area contributed by atoms with Crippen LogP contribution in [0.5, 0.6) is 5.75 Å². The van der Waals surface area contributed by atoms with E-state index in [4.69, 9.17) is 0 Å². The van der Waals surface area contributed by atoms with Gasteiger partial charge in [0.2, 0.25) is 0 Å². The van der Waals surface area contributed by atoms with Crippen LogP contribution < -0.4 is 0 Å². The highest BCUT2D eigenvalue weighted by Crippen LogP contribution is 2.27. The van der Waals surface area contributed by atoms with Crippen LogP contribution in [-0.2, 0) is 12.8 Å². The van der Waals surface area contributed by atoms with E-state index >= 15 is 0 Å². The molecular weight excluding hydrogens is 268 g/mol. The number of nitrogens with zero attached hydrogens (tertiary/aromatic N) is 2. The lowest BCUT2D eigenvalue weighted by atomic mass is 10.1. The number of benzene rings is 2. The van der Waals surface area contributed by atoms with E-state index in [1.54, 1.807) is 0 Å². The van der Waals surface area contributed by atoms with Crippen LogP contribution in [-0.4, -0.2) is 16.2 Å². The molecule has 1 aliphatic rings. The number of aliphatic imine (C=N–C) groups is 1. The van der Waals surface area contributed by atoms with Crippen LogP contribution >= 0.6 is 0 Å². The van der Waals surface area contributed by atoms with Gasteiger partial charge in [-0.3, -0.25) is 15.1 Å². The van der Waals surface area contributed by atoms with Gasteiger partial charge in [0.1, 0.15) is 5.75 Å². The number of non-ortho nitro benzene ring substituents is 1. The van der Waals surface area contributed by atoms with Crippen molar-refractivity contribution in [3.05, 3.63) is 63.2 Å². The van der Waals surface area contributed by atoms with Gasteiger partial charge in [0.15, 0.2) is 0 Å². The number of nitro benzene ring substituents is 1. The van der Waals surface area contributed by atoms with Gasteiger partial charge in [0, 0.05) is 23.9 Å². The van der Waals surface area contributed by atoms with Gasteiger partial charge >= 0.3 is 0 Å². The summed E-state index contributed by atoms with van der Waals surface area (Å²) < 4.78 is 0. The van der Waals surface area contributed by atoms with Crippen molar-refractivity contribution in [3.63, 3.8) is 0 Å². The molecule has 0 unspecified atom stereocenters. The van der Waals surface area contributed by atoms with Gasteiger partial charge in [-0.2, -0.15) is 0 Å². The lowest BCUT2D eigenvalue weighted by molar-refractivity contribution is -0.384. The van der Waals surface area contributed by atoms with Crippen LogP contribution in [0, 0.1) is 10.1 Å². The number of rotatable bonds is 3. The fraction of sp³-hybridized carbons (Fsp3) is 0.188. The Bertz CT molecular complexity index is 738. The lowest BCUT2D eigenvalue weighted by Crippen LogP contribution is -1.90. The maximum absolute atomic E-state index is 10.7. The highest BCUT2D eigenvalue weighted by atomic mass is 16.6. The molecule has 5 nitrogen and oxygen atoms in total. The maximum atomic E-state index is 10.7. The first-order valence-electron chi connectivity index (χ1n) is 6.77. The molecule has 0 bridgehead atoms. The average Bonchev–Trinajstić information content (AvgIpc) is 2.93. The van der Waals surface area contributed by atoms with Gasteiger partial charge < -0.3 is 5.11 Å². The largest absolute Gasteiger partial charge is 0.507 e. The molecule has 0 heterocycles. The summed E-state index contributed by atoms with van der Waals surface area (Å²) in [6, 6.07) is 9.92. The second-order valence-corrected chi connectivity index (χ2v) is 5.06. The molecule has 0 saturated heterocycles. The number of fused-ring (bicyclic) bond motifs is 1. The summed E-state index contributed by atoms with van der Waals surface area (Å²) in [6.07, 6.45) is 4.82. The second-order valence-electron chi connectivity index (χ2n) is 5.06. The molecule has 1 aliphatic carbocycles. The summed E-state index contributed by atoms with van der Waals surface area (Å²) in [4.78, 5) is 14.6. The fourth-order valence-electron chi connectivity index (χ4n) is 2.54. The summed E-state index contributed by atoms with van der Waals surface area (Å²) in [5.74, 6) is -0.0227. The molecule has 2 aromatic rings. The van der Waals surface area contributed by atoms with E-state index in [9.17, 15) is 15.2 Å². The summed E-state index contributed by atoms with van der Waals surface area (Å²) >= 11 is 0. The zero-order valence-electron chi connectivity index (χ0n) is 11.3. The third-order valence-corrected chi connectivity index (χ3v) is 3.66. The van der Waals surface area contributed by atoms with E-state index in [1.807, 2.05) is 12.1 Å². The van der Waals surface area contributed by atoms with Gasteiger partial charge in [0.25, 0.3) is 5.69 Å². The highest BCUT2D eigenvalue weighted by Gasteiger charge is 2.11. The van der Waals surface area contributed by atoms with Crippen molar-refractivity contribution in [1.29, 1.82) is 0 Å². The Kier molecular flexibility index (Phi) is 3.39. The van der Waals surface area contributed by atoms with Crippen LogP contribution in [0.2, 0.25) is 0 Å². The first-order valence-corrected chi connectivity index (χ1v) is 6.77. The van der Waals surface area contributed by atoms with E-state index in [-0.39, 0.29) is 11.4 Å². The monoisotopic (exact) mass is 282 g/mol. The quantitative estimate of drug-likeness (QED) is 0.531. The van der Waals surface area contributed by atoms with E-state index < -0.39 is 4.92 Å². The number of hydrogen-bond donors (Lipinski definition) is 1. The Morgan fingerprint density at radius 2 is 1.95 bits per heavy atom. The predicted octanol–water partition coefficient (Wildman–Crippen LogP) is 3.54. The first kappa shape index (κ1) is 13.3. The van der Waals surface area contributed by atoms with E-state index in [0.29, 0.717) is 5.56 Å². The molecule has 1 N–H and O–H groups in total. The summed E-state index contributed by atoms with van der Waals surface area (Å²) in [5.41, 5.74) is 3.74. The zero-order valence-corrected chi connectivity index (χ0v) is 11.3. The van der Waals surface area contributed by atoms with Crippen molar-refractivity contribution < 1.29 is 10.0 Å². The minimum atomic E-state index is -0.494. The molecule has 0 fully saturated rings. The Hall–Kier alpha value is -2.69. The zero-order chi connectivity index (χ0) is 14.8. The van der Waals surface area contributed by atoms with Crippen molar-refractivity contribution in [3.8, 4) is 5.75 Å². The summed E-state index contributed by atoms with van der Waals surface area (Å²) in [6.45, 7) is 0. The average molecular weight is 282 g/mol. The Balaban J connectivity index is 1.89. The van der Waals surface area contributed by atoms with Crippen LogP contribution in [0.1, 0.15) is 23.1 Å². The molecule has 5 heteroatoms. The number of phenolic OH excluding ortho intramolecular Hbond substituents is 1. The second kappa shape index (κ2) is 5.36. The van der Waals surface area contributed by atoms with Crippen LogP contribution in [0.4, 0.5) is 11.4 Å². The topological polar surface area (TPSA) is 75.7 Å². The van der Waals surface area contributed by atoms with Crippen LogP contribution in [0.3, 0.4) is 0 Å². The molecular formula is C16H14N2O3. The van der Waals surface area contributed by atoms with Crippen LogP contribution in [0.15, 0.2) is 41.4 Å². The molecule has 106 valence electrons. The molecule has 3 rings (SSSR count). The Morgan fingerprint density at radius 3 is 2.76 bits per heavy atom. The van der Waals surface area contributed by atoms with E-state index in [0.717, 1.165) is 18.5 Å². The summed E-state index contributed by atoms with van der Waals surface area (Å²) in [7, 11) is 0. The van der Waals surface area contributed by atoms with E-state index in [2.05, 4.69) is 11.1 Å².